The van der Waals surface area contributed by atoms with E-state index in [9.17, 15) is 9.18 Å². The van der Waals surface area contributed by atoms with Crippen LogP contribution in [0.15, 0.2) is 105 Å². The molecular weight excluding hydrogens is 723 g/mol. The summed E-state index contributed by atoms with van der Waals surface area (Å²) in [5.74, 6) is 1.21. The summed E-state index contributed by atoms with van der Waals surface area (Å²) in [4.78, 5) is 18.2. The van der Waals surface area contributed by atoms with Gasteiger partial charge >= 0.3 is 0 Å². The quantitative estimate of drug-likeness (QED) is 0.130. The van der Waals surface area contributed by atoms with Crippen molar-refractivity contribution in [3.63, 3.8) is 0 Å². The molecule has 0 spiro atoms. The van der Waals surface area contributed by atoms with E-state index in [-0.39, 0.29) is 11.4 Å². The first-order valence-corrected chi connectivity index (χ1v) is 14.0. The molecule has 0 bridgehead atoms. The Morgan fingerprint density at radius 2 is 1.67 bits per heavy atom. The van der Waals surface area contributed by atoms with Crippen molar-refractivity contribution in [3.05, 3.63) is 125 Å². The first-order chi connectivity index (χ1) is 19.0. The second-order valence-electron chi connectivity index (χ2n) is 8.69. The van der Waals surface area contributed by atoms with E-state index >= 15 is 0 Å². The fraction of sp³-hybridized carbons (Fsp3) is 0.0333. The van der Waals surface area contributed by atoms with Crippen LogP contribution >= 0.6 is 45.2 Å². The lowest BCUT2D eigenvalue weighted by Gasteiger charge is -2.12. The number of furan rings is 1. The molecule has 0 atom stereocenters. The van der Waals surface area contributed by atoms with Crippen LogP contribution in [-0.4, -0.2) is 15.9 Å². The van der Waals surface area contributed by atoms with E-state index in [1.165, 1.54) is 16.8 Å². The van der Waals surface area contributed by atoms with Crippen molar-refractivity contribution in [1.82, 2.24) is 9.66 Å². The average molecular weight is 741 g/mol. The summed E-state index contributed by atoms with van der Waals surface area (Å²) >= 11 is 4.42. The van der Waals surface area contributed by atoms with E-state index in [2.05, 4.69) is 50.3 Å². The zero-order chi connectivity index (χ0) is 26.9. The van der Waals surface area contributed by atoms with Gasteiger partial charge in [-0.15, -0.1) is 0 Å². The van der Waals surface area contributed by atoms with E-state index in [0.29, 0.717) is 34.7 Å². The number of para-hydroxylation sites is 2. The molecule has 0 amide bonds. The Balaban J connectivity index is 1.37. The van der Waals surface area contributed by atoms with Gasteiger partial charge in [0.2, 0.25) is 5.82 Å². The van der Waals surface area contributed by atoms with Crippen LogP contribution in [0.4, 0.5) is 4.39 Å². The minimum atomic E-state index is -0.295. The number of hydrogen-bond donors (Lipinski definition) is 0. The average Bonchev–Trinajstić information content (AvgIpc) is 3.37. The van der Waals surface area contributed by atoms with Crippen LogP contribution in [0.1, 0.15) is 11.1 Å². The Hall–Kier alpha value is -3.58. The molecule has 2 heterocycles. The number of nitrogens with zero attached hydrogens (tertiary/aromatic N) is 3. The lowest BCUT2D eigenvalue weighted by atomic mass is 10.2. The van der Waals surface area contributed by atoms with Gasteiger partial charge in [0, 0.05) is 5.39 Å². The molecule has 192 valence electrons. The molecule has 6 aromatic rings. The second-order valence-corrected chi connectivity index (χ2v) is 11.0. The molecule has 39 heavy (non-hydrogen) atoms. The Bertz CT molecular complexity index is 1870. The maximum atomic E-state index is 13.5. The van der Waals surface area contributed by atoms with E-state index < -0.39 is 0 Å². The summed E-state index contributed by atoms with van der Waals surface area (Å²) in [7, 11) is 0. The molecule has 6 rings (SSSR count). The monoisotopic (exact) mass is 741 g/mol. The fourth-order valence-electron chi connectivity index (χ4n) is 4.13. The maximum Gasteiger partial charge on any atom is 0.282 e. The molecule has 4 aromatic carbocycles. The van der Waals surface area contributed by atoms with Gasteiger partial charge in [0.05, 0.1) is 24.3 Å². The topological polar surface area (TPSA) is 69.6 Å². The van der Waals surface area contributed by atoms with E-state index in [0.717, 1.165) is 29.4 Å². The van der Waals surface area contributed by atoms with Gasteiger partial charge in [0.25, 0.3) is 5.56 Å². The highest BCUT2D eigenvalue weighted by atomic mass is 127. The van der Waals surface area contributed by atoms with Crippen LogP contribution in [0.3, 0.4) is 0 Å². The number of hydrogen-bond acceptors (Lipinski definition) is 5. The minimum absolute atomic E-state index is 0.282. The molecule has 0 aliphatic carbocycles. The van der Waals surface area contributed by atoms with Crippen LogP contribution in [0.5, 0.6) is 5.75 Å². The highest BCUT2D eigenvalue weighted by molar-refractivity contribution is 14.1. The van der Waals surface area contributed by atoms with Crippen LogP contribution in [0, 0.1) is 13.0 Å². The third kappa shape index (κ3) is 5.33. The fourth-order valence-corrected chi connectivity index (χ4v) is 6.26. The predicted molar refractivity (Wildman–Crippen MR) is 167 cm³/mol. The number of ether oxygens (including phenoxy) is 1. The normalized spacial score (nSPS) is 11.6. The van der Waals surface area contributed by atoms with Crippen molar-refractivity contribution in [1.29, 1.82) is 0 Å². The Labute approximate surface area is 249 Å². The van der Waals surface area contributed by atoms with Crippen molar-refractivity contribution in [2.24, 2.45) is 5.10 Å². The van der Waals surface area contributed by atoms with Crippen molar-refractivity contribution in [2.75, 3.05) is 0 Å². The van der Waals surface area contributed by atoms with Crippen LogP contribution in [0.2, 0.25) is 0 Å². The van der Waals surface area contributed by atoms with Crippen LogP contribution in [0.25, 0.3) is 33.5 Å². The SMILES string of the molecule is O=c1c2ccccc2nc(-c2cc3ccccc3o2)n1N=Cc1cc(I)c(OCc2ccc(F)cc2)c(I)c1. The lowest BCUT2D eigenvalue weighted by Crippen LogP contribution is -2.20. The zero-order valence-electron chi connectivity index (χ0n) is 20.1. The highest BCUT2D eigenvalue weighted by Crippen LogP contribution is 2.30. The van der Waals surface area contributed by atoms with Gasteiger partial charge in [0.1, 0.15) is 23.8 Å². The van der Waals surface area contributed by atoms with Crippen LogP contribution in [-0.2, 0) is 6.61 Å². The first kappa shape index (κ1) is 25.7. The largest absolute Gasteiger partial charge is 0.487 e. The van der Waals surface area contributed by atoms with Gasteiger partial charge in [-0.25, -0.2) is 9.37 Å². The first-order valence-electron chi connectivity index (χ1n) is 11.9. The van der Waals surface area contributed by atoms with E-state index in [1.54, 1.807) is 36.5 Å². The van der Waals surface area contributed by atoms with E-state index in [4.69, 9.17) is 14.1 Å². The molecule has 0 saturated heterocycles. The molecule has 6 nitrogen and oxygen atoms in total. The van der Waals surface area contributed by atoms with Gasteiger partial charge in [-0.3, -0.25) is 4.79 Å². The standard InChI is InChI=1S/C30H18FI2N3O3/c31-21-11-9-18(10-12-21)17-38-28-23(32)13-19(14-24(28)33)16-34-36-29(27-15-20-5-1-4-8-26(20)39-27)35-25-7-3-2-6-22(25)30(36)37/h1-16H,17H2. The van der Waals surface area contributed by atoms with Crippen molar-refractivity contribution < 1.29 is 13.5 Å². The maximum absolute atomic E-state index is 13.5. The smallest absolute Gasteiger partial charge is 0.282 e. The molecule has 0 unspecified atom stereocenters. The number of fused-ring (bicyclic) bond motifs is 2. The highest BCUT2D eigenvalue weighted by Gasteiger charge is 2.16. The molecule has 2 aromatic heterocycles. The molecule has 0 aliphatic heterocycles. The number of rotatable bonds is 6. The Kier molecular flexibility index (Phi) is 7.17. The molecular formula is C30H18FI2N3O3. The Morgan fingerprint density at radius 1 is 0.949 bits per heavy atom. The van der Waals surface area contributed by atoms with E-state index in [1.807, 2.05) is 48.5 Å². The molecule has 0 aliphatic rings. The minimum Gasteiger partial charge on any atom is -0.487 e. The van der Waals surface area contributed by atoms with Crippen molar-refractivity contribution in [2.45, 2.75) is 6.61 Å². The summed E-state index contributed by atoms with van der Waals surface area (Å²) in [6, 6.07) is 26.7. The van der Waals surface area contributed by atoms with Crippen molar-refractivity contribution in [3.8, 4) is 17.3 Å². The Morgan fingerprint density at radius 3 is 2.44 bits per heavy atom. The summed E-state index contributed by atoms with van der Waals surface area (Å²) in [6.45, 7) is 0.318. The van der Waals surface area contributed by atoms with Crippen molar-refractivity contribution >= 4 is 73.3 Å². The van der Waals surface area contributed by atoms with Gasteiger partial charge in [-0.05, 0) is 105 Å². The summed E-state index contributed by atoms with van der Waals surface area (Å²) in [5, 5.41) is 5.93. The number of benzene rings is 4. The zero-order valence-corrected chi connectivity index (χ0v) is 24.5. The predicted octanol–water partition coefficient (Wildman–Crippen LogP) is 7.62. The lowest BCUT2D eigenvalue weighted by molar-refractivity contribution is 0.301. The van der Waals surface area contributed by atoms with Gasteiger partial charge in [0.15, 0.2) is 5.76 Å². The van der Waals surface area contributed by atoms with Gasteiger partial charge in [-0.1, -0.05) is 42.5 Å². The van der Waals surface area contributed by atoms with Gasteiger partial charge in [-0.2, -0.15) is 9.78 Å². The molecule has 0 radical (unpaired) electrons. The molecule has 0 saturated carbocycles. The third-order valence-electron chi connectivity index (χ3n) is 6.04. The number of halogens is 3. The second kappa shape index (κ2) is 10.9. The van der Waals surface area contributed by atoms with Gasteiger partial charge < -0.3 is 9.15 Å². The summed E-state index contributed by atoms with van der Waals surface area (Å²) < 4.78 is 28.3. The summed E-state index contributed by atoms with van der Waals surface area (Å²) in [6.07, 6.45) is 1.62. The number of aromatic nitrogens is 2. The molecule has 0 fully saturated rings. The summed E-state index contributed by atoms with van der Waals surface area (Å²) in [5.41, 5.74) is 2.63. The van der Waals surface area contributed by atoms with Crippen LogP contribution < -0.4 is 10.3 Å². The molecule has 0 N–H and O–H groups in total. The third-order valence-corrected chi connectivity index (χ3v) is 7.64. The molecule has 9 heteroatoms.